The van der Waals surface area contributed by atoms with Crippen LogP contribution >= 0.6 is 22.9 Å². The molecule has 2 N–H and O–H groups in total. The normalized spacial score (nSPS) is 19.7. The average Bonchev–Trinajstić information content (AvgIpc) is 3.09. The van der Waals surface area contributed by atoms with Crippen molar-refractivity contribution in [3.8, 4) is 6.07 Å². The molecule has 6 heteroatoms. The Hall–Kier alpha value is -2.55. The Morgan fingerprint density at radius 2 is 2.04 bits per heavy atom. The molecule has 1 aromatic heterocycles. The number of Topliss-reactive ketones (excluding diaryl/α,β-unsaturated/α-hetero) is 1. The predicted octanol–water partition coefficient (Wildman–Crippen LogP) is 5.32. The molecule has 0 fully saturated rings. The summed E-state index contributed by atoms with van der Waals surface area (Å²) in [5.74, 6) is 0.0989. The van der Waals surface area contributed by atoms with Gasteiger partial charge in [-0.3, -0.25) is 9.69 Å². The number of thiophene rings is 1. The summed E-state index contributed by atoms with van der Waals surface area (Å²) >= 11 is 7.86. The second-order valence-electron chi connectivity index (χ2n) is 7.20. The van der Waals surface area contributed by atoms with Crippen LogP contribution in [0, 0.1) is 25.2 Å². The van der Waals surface area contributed by atoms with E-state index in [1.165, 1.54) is 0 Å². The van der Waals surface area contributed by atoms with Crippen LogP contribution in [-0.4, -0.2) is 5.78 Å². The van der Waals surface area contributed by atoms with Crippen molar-refractivity contribution in [3.63, 3.8) is 0 Å². The summed E-state index contributed by atoms with van der Waals surface area (Å²) in [4.78, 5) is 17.0. The van der Waals surface area contributed by atoms with Crippen molar-refractivity contribution < 1.29 is 4.79 Å². The van der Waals surface area contributed by atoms with E-state index in [1.54, 1.807) is 11.3 Å². The zero-order chi connectivity index (χ0) is 20.0. The van der Waals surface area contributed by atoms with E-state index in [4.69, 9.17) is 17.3 Å². The van der Waals surface area contributed by atoms with Crippen molar-refractivity contribution in [3.05, 3.63) is 73.3 Å². The third kappa shape index (κ3) is 2.94. The fraction of sp³-hybridized carbons (Fsp3) is 0.273. The first-order chi connectivity index (χ1) is 13.4. The maximum absolute atomic E-state index is 13.0. The van der Waals surface area contributed by atoms with Gasteiger partial charge >= 0.3 is 0 Å². The highest BCUT2D eigenvalue weighted by atomic mass is 35.5. The molecule has 1 aromatic carbocycles. The number of hydrogen-bond donors (Lipinski definition) is 1. The highest BCUT2D eigenvalue weighted by Crippen LogP contribution is 2.48. The minimum atomic E-state index is -0.387. The Kier molecular flexibility index (Phi) is 4.78. The zero-order valence-electron chi connectivity index (χ0n) is 15.8. The summed E-state index contributed by atoms with van der Waals surface area (Å²) in [6, 6.07) is 11.9. The second kappa shape index (κ2) is 7.12. The van der Waals surface area contributed by atoms with E-state index < -0.39 is 0 Å². The number of nitrogens with two attached hydrogens (primary N) is 1. The van der Waals surface area contributed by atoms with Gasteiger partial charge in [0.25, 0.3) is 0 Å². The Bertz CT molecular complexity index is 1090. The summed E-state index contributed by atoms with van der Waals surface area (Å²) in [5, 5.41) is 10.6. The largest absolute Gasteiger partial charge is 0.384 e. The van der Waals surface area contributed by atoms with E-state index in [1.807, 2.05) is 49.1 Å². The minimum Gasteiger partial charge on any atom is -0.384 e. The quantitative estimate of drug-likeness (QED) is 0.728. The van der Waals surface area contributed by atoms with Crippen LogP contribution in [0.4, 0.5) is 5.69 Å². The molecule has 0 saturated heterocycles. The molecule has 2 aromatic rings. The molecule has 4 rings (SSSR count). The molecule has 0 saturated carbocycles. The number of rotatable bonds is 2. The molecule has 142 valence electrons. The molecule has 1 atom stereocenters. The predicted molar refractivity (Wildman–Crippen MR) is 113 cm³/mol. The molecular formula is C22H20ClN3OS. The summed E-state index contributed by atoms with van der Waals surface area (Å²) in [7, 11) is 0. The van der Waals surface area contributed by atoms with Crippen LogP contribution in [0.2, 0.25) is 5.02 Å². The number of carbonyl (C=O) groups excluding carboxylic acids is 1. The number of hydrogen-bond acceptors (Lipinski definition) is 5. The SMILES string of the molecule is Cc1ccc(C2C(C#N)=C(N)N(c3cc(Cl)ccc3C)C3=C2C(=O)CCC3)s1. The van der Waals surface area contributed by atoms with Crippen LogP contribution in [0.1, 0.15) is 40.5 Å². The van der Waals surface area contributed by atoms with Gasteiger partial charge in [0.1, 0.15) is 5.82 Å². The van der Waals surface area contributed by atoms with Gasteiger partial charge in [-0.25, -0.2) is 0 Å². The molecule has 0 radical (unpaired) electrons. The fourth-order valence-electron chi connectivity index (χ4n) is 4.08. The molecule has 28 heavy (non-hydrogen) atoms. The van der Waals surface area contributed by atoms with Gasteiger partial charge in [0, 0.05) is 32.5 Å². The van der Waals surface area contributed by atoms with Gasteiger partial charge in [0.15, 0.2) is 5.78 Å². The highest BCUT2D eigenvalue weighted by molar-refractivity contribution is 7.12. The number of aryl methyl sites for hydroxylation is 2. The van der Waals surface area contributed by atoms with E-state index in [0.717, 1.165) is 39.5 Å². The van der Waals surface area contributed by atoms with Crippen molar-refractivity contribution in [1.82, 2.24) is 0 Å². The van der Waals surface area contributed by atoms with Gasteiger partial charge in [-0.2, -0.15) is 5.26 Å². The monoisotopic (exact) mass is 409 g/mol. The lowest BCUT2D eigenvalue weighted by Crippen LogP contribution is -2.38. The molecule has 1 aliphatic carbocycles. The zero-order valence-corrected chi connectivity index (χ0v) is 17.3. The van der Waals surface area contributed by atoms with Crippen LogP contribution in [0.3, 0.4) is 0 Å². The maximum Gasteiger partial charge on any atom is 0.161 e. The number of halogens is 1. The van der Waals surface area contributed by atoms with E-state index in [0.29, 0.717) is 28.4 Å². The summed E-state index contributed by atoms with van der Waals surface area (Å²) in [6.07, 6.45) is 2.02. The van der Waals surface area contributed by atoms with E-state index in [2.05, 4.69) is 6.07 Å². The van der Waals surface area contributed by atoms with Gasteiger partial charge in [-0.15, -0.1) is 11.3 Å². The van der Waals surface area contributed by atoms with Crippen LogP contribution in [0.15, 0.2) is 53.0 Å². The first kappa shape index (κ1) is 18.8. The number of allylic oxidation sites excluding steroid dienone is 3. The third-order valence-corrected chi connectivity index (χ3v) is 6.67. The van der Waals surface area contributed by atoms with E-state index >= 15 is 0 Å². The van der Waals surface area contributed by atoms with Crippen LogP contribution in [0.5, 0.6) is 0 Å². The molecule has 2 heterocycles. The summed E-state index contributed by atoms with van der Waals surface area (Å²) < 4.78 is 0. The molecule has 0 amide bonds. The number of carbonyl (C=O) groups is 1. The highest BCUT2D eigenvalue weighted by Gasteiger charge is 2.41. The summed E-state index contributed by atoms with van der Waals surface area (Å²) in [6.45, 7) is 4.00. The molecule has 1 aliphatic heterocycles. The van der Waals surface area contributed by atoms with Crippen LogP contribution in [-0.2, 0) is 4.79 Å². The molecule has 1 unspecified atom stereocenters. The summed E-state index contributed by atoms with van der Waals surface area (Å²) in [5.41, 5.74) is 10.4. The molecule has 0 spiro atoms. The lowest BCUT2D eigenvalue weighted by Gasteiger charge is -2.39. The lowest BCUT2D eigenvalue weighted by atomic mass is 9.78. The number of ketones is 1. The smallest absolute Gasteiger partial charge is 0.161 e. The van der Waals surface area contributed by atoms with Gasteiger partial charge < -0.3 is 5.73 Å². The number of nitrogens with zero attached hydrogens (tertiary/aromatic N) is 2. The van der Waals surface area contributed by atoms with E-state index in [9.17, 15) is 10.1 Å². The Labute approximate surface area is 173 Å². The van der Waals surface area contributed by atoms with Crippen LogP contribution < -0.4 is 10.6 Å². The Morgan fingerprint density at radius 1 is 1.25 bits per heavy atom. The topological polar surface area (TPSA) is 70.1 Å². The lowest BCUT2D eigenvalue weighted by molar-refractivity contribution is -0.116. The van der Waals surface area contributed by atoms with Gasteiger partial charge in [0.2, 0.25) is 0 Å². The Balaban J connectivity index is 2.00. The number of benzene rings is 1. The molecular weight excluding hydrogens is 390 g/mol. The van der Waals surface area contributed by atoms with Gasteiger partial charge in [0.05, 0.1) is 23.2 Å². The first-order valence-electron chi connectivity index (χ1n) is 9.21. The van der Waals surface area contributed by atoms with Crippen molar-refractivity contribution in [2.24, 2.45) is 5.73 Å². The number of anilines is 1. The average molecular weight is 410 g/mol. The van der Waals surface area contributed by atoms with Gasteiger partial charge in [-0.05, 0) is 56.5 Å². The standard InChI is InChI=1S/C22H20ClN3OS/c1-12-6-8-14(23)10-17(12)26-16-4-3-5-18(27)21(16)20(15(11-24)22(26)25)19-9-7-13(2)28-19/h6-10,20H,3-5,25H2,1-2H3. The molecule has 4 nitrogen and oxygen atoms in total. The van der Waals surface area contributed by atoms with Crippen molar-refractivity contribution in [2.75, 3.05) is 4.90 Å². The van der Waals surface area contributed by atoms with Crippen molar-refractivity contribution in [1.29, 1.82) is 5.26 Å². The Morgan fingerprint density at radius 3 is 2.71 bits per heavy atom. The van der Waals surface area contributed by atoms with Crippen molar-refractivity contribution in [2.45, 2.75) is 39.0 Å². The third-order valence-electron chi connectivity index (χ3n) is 5.37. The minimum absolute atomic E-state index is 0.0993. The van der Waals surface area contributed by atoms with E-state index in [-0.39, 0.29) is 11.7 Å². The molecule has 2 aliphatic rings. The van der Waals surface area contributed by atoms with Gasteiger partial charge in [-0.1, -0.05) is 17.7 Å². The maximum atomic E-state index is 13.0. The number of nitriles is 1. The first-order valence-corrected chi connectivity index (χ1v) is 10.4. The fourth-order valence-corrected chi connectivity index (χ4v) is 5.24. The second-order valence-corrected chi connectivity index (χ2v) is 8.95. The van der Waals surface area contributed by atoms with Crippen molar-refractivity contribution >= 4 is 34.4 Å². The molecule has 0 bridgehead atoms. The van der Waals surface area contributed by atoms with Crippen LogP contribution in [0.25, 0.3) is 0 Å².